The molecule has 33 heavy (non-hydrogen) atoms. The lowest BCUT2D eigenvalue weighted by Crippen LogP contribution is -2.41. The highest BCUT2D eigenvalue weighted by Gasteiger charge is 2.24. The molecule has 8 heteroatoms. The predicted octanol–water partition coefficient (Wildman–Crippen LogP) is 4.36. The van der Waals surface area contributed by atoms with Crippen LogP contribution < -0.4 is 5.32 Å². The maximum Gasteiger partial charge on any atom is 0.326 e. The molecule has 2 atom stereocenters. The molecule has 8 nitrogen and oxygen atoms in total. The number of allylic oxidation sites excluding steroid dienone is 4. The Hall–Kier alpha value is -3.94. The van der Waals surface area contributed by atoms with E-state index in [9.17, 15) is 29.9 Å². The molecule has 2 aromatic carbocycles. The van der Waals surface area contributed by atoms with Crippen LogP contribution in [-0.4, -0.2) is 33.1 Å². The number of nitrogens with one attached hydrogen (secondary N) is 1. The Morgan fingerprint density at radius 2 is 1.91 bits per heavy atom. The third-order valence-electron chi connectivity index (χ3n) is 5.74. The quantitative estimate of drug-likeness (QED) is 0.384. The summed E-state index contributed by atoms with van der Waals surface area (Å²) in [6.45, 7) is 1.92. The van der Waals surface area contributed by atoms with Gasteiger partial charge in [-0.2, -0.15) is 0 Å². The Morgan fingerprint density at radius 1 is 1.18 bits per heavy atom. The maximum absolute atomic E-state index is 12.8. The minimum absolute atomic E-state index is 0.00136. The van der Waals surface area contributed by atoms with Crippen LogP contribution in [0.5, 0.6) is 0 Å². The van der Waals surface area contributed by atoms with Crippen LogP contribution in [0.4, 0.5) is 5.69 Å². The molecule has 0 saturated heterocycles. The van der Waals surface area contributed by atoms with Crippen molar-refractivity contribution < 1.29 is 24.7 Å². The average Bonchev–Trinajstić information content (AvgIpc) is 2.78. The van der Waals surface area contributed by atoms with E-state index in [4.69, 9.17) is 0 Å². The van der Waals surface area contributed by atoms with Crippen LogP contribution in [0.3, 0.4) is 0 Å². The Bertz CT molecular complexity index is 1110. The molecule has 0 fully saturated rings. The zero-order valence-corrected chi connectivity index (χ0v) is 18.2. The van der Waals surface area contributed by atoms with Gasteiger partial charge in [0.05, 0.1) is 10.7 Å². The lowest BCUT2D eigenvalue weighted by atomic mass is 9.87. The lowest BCUT2D eigenvalue weighted by molar-refractivity contribution is -0.385. The first-order valence-electron chi connectivity index (χ1n) is 10.7. The summed E-state index contributed by atoms with van der Waals surface area (Å²) in [5.41, 5.74) is 2.27. The van der Waals surface area contributed by atoms with E-state index < -0.39 is 22.8 Å². The summed E-state index contributed by atoms with van der Waals surface area (Å²) in [4.78, 5) is 35.5. The molecule has 1 aliphatic rings. The summed E-state index contributed by atoms with van der Waals surface area (Å²) in [6.07, 6.45) is 4.70. The number of nitrogens with zero attached hydrogens (tertiary/aromatic N) is 1. The summed E-state index contributed by atoms with van der Waals surface area (Å²) in [5, 5.41) is 33.3. The van der Waals surface area contributed by atoms with E-state index >= 15 is 0 Å². The summed E-state index contributed by atoms with van der Waals surface area (Å²) in [7, 11) is 0. The van der Waals surface area contributed by atoms with Gasteiger partial charge in [-0.3, -0.25) is 14.9 Å². The number of aliphatic hydroxyl groups excluding tert-OH is 1. The number of nitro groups is 1. The first-order valence-corrected chi connectivity index (χ1v) is 10.7. The van der Waals surface area contributed by atoms with E-state index in [0.717, 1.165) is 11.1 Å². The third-order valence-corrected chi connectivity index (χ3v) is 5.74. The van der Waals surface area contributed by atoms with Crippen molar-refractivity contribution in [3.8, 4) is 0 Å². The second-order valence-electron chi connectivity index (χ2n) is 8.17. The van der Waals surface area contributed by atoms with E-state index in [0.29, 0.717) is 18.4 Å². The number of aryl methyl sites for hydroxylation is 1. The molecule has 0 spiro atoms. The number of nitro benzene ring substituents is 1. The van der Waals surface area contributed by atoms with E-state index in [1.54, 1.807) is 12.2 Å². The van der Waals surface area contributed by atoms with Crippen LogP contribution in [0.2, 0.25) is 0 Å². The number of carboxylic acid groups (broad SMARTS) is 1. The van der Waals surface area contributed by atoms with Gasteiger partial charge >= 0.3 is 5.97 Å². The zero-order chi connectivity index (χ0) is 24.0. The van der Waals surface area contributed by atoms with E-state index in [2.05, 4.69) is 5.32 Å². The van der Waals surface area contributed by atoms with Crippen molar-refractivity contribution in [1.29, 1.82) is 0 Å². The number of hydrogen-bond acceptors (Lipinski definition) is 5. The largest absolute Gasteiger partial charge is 0.512 e. The topological polar surface area (TPSA) is 130 Å². The van der Waals surface area contributed by atoms with Crippen molar-refractivity contribution >= 4 is 17.6 Å². The van der Waals surface area contributed by atoms with Gasteiger partial charge in [0.1, 0.15) is 6.04 Å². The molecule has 0 saturated carbocycles. The molecule has 172 valence electrons. The number of carboxylic acids is 1. The molecule has 1 amide bonds. The summed E-state index contributed by atoms with van der Waals surface area (Å²) in [6, 6.07) is 12.3. The molecule has 3 rings (SSSR count). The minimum atomic E-state index is -1.14. The molecule has 3 N–H and O–H groups in total. The highest BCUT2D eigenvalue weighted by atomic mass is 16.6. The predicted molar refractivity (Wildman–Crippen MR) is 123 cm³/mol. The first kappa shape index (κ1) is 23.7. The molecule has 0 bridgehead atoms. The van der Waals surface area contributed by atoms with Gasteiger partial charge in [-0.1, -0.05) is 48.9 Å². The molecule has 0 aromatic heterocycles. The van der Waals surface area contributed by atoms with Crippen LogP contribution in [0.25, 0.3) is 0 Å². The summed E-state index contributed by atoms with van der Waals surface area (Å²) < 4.78 is 0. The number of benzene rings is 2. The van der Waals surface area contributed by atoms with Gasteiger partial charge < -0.3 is 15.5 Å². The highest BCUT2D eigenvalue weighted by molar-refractivity contribution is 5.97. The van der Waals surface area contributed by atoms with Gasteiger partial charge in [0.2, 0.25) is 0 Å². The average molecular weight is 450 g/mol. The maximum atomic E-state index is 12.8. The Balaban J connectivity index is 1.78. The van der Waals surface area contributed by atoms with Crippen LogP contribution in [-0.2, 0) is 17.6 Å². The van der Waals surface area contributed by atoms with Crippen molar-refractivity contribution in [2.24, 2.45) is 5.92 Å². The van der Waals surface area contributed by atoms with Crippen LogP contribution in [0.15, 0.2) is 72.0 Å². The standard InChI is InChI=1S/C25H26N2O6/c1-16-13-21(28)10-8-18(16)14-20-15-19(9-12-23(20)27(32)33)24(29)26-22(25(30)31)11-7-17-5-3-2-4-6-17/h2-6,8-10,12,15-16,22,28H,7,11,13-14H2,1H3,(H,26,29)(H,30,31)/t16?,22-/m0/s1. The van der Waals surface area contributed by atoms with Crippen molar-refractivity contribution in [3.05, 3.63) is 98.8 Å². The third kappa shape index (κ3) is 6.29. The monoisotopic (exact) mass is 450 g/mol. The second kappa shape index (κ2) is 10.6. The molecule has 0 aliphatic heterocycles. The van der Waals surface area contributed by atoms with Crippen LogP contribution in [0.1, 0.15) is 41.3 Å². The van der Waals surface area contributed by atoms with Crippen LogP contribution in [0, 0.1) is 16.0 Å². The van der Waals surface area contributed by atoms with Gasteiger partial charge in [0.25, 0.3) is 11.6 Å². The number of rotatable bonds is 9. The fourth-order valence-corrected chi connectivity index (χ4v) is 3.83. The molecule has 0 radical (unpaired) electrons. The van der Waals surface area contributed by atoms with Gasteiger partial charge in [0, 0.05) is 30.0 Å². The number of aliphatic hydroxyl groups is 1. The SMILES string of the molecule is CC1CC(O)=CC=C1Cc1cc(C(=O)N[C@@H](CCc2ccccc2)C(=O)O)ccc1[N+](=O)[O-]. The highest BCUT2D eigenvalue weighted by Crippen LogP contribution is 2.30. The van der Waals surface area contributed by atoms with Gasteiger partial charge in [-0.25, -0.2) is 4.79 Å². The van der Waals surface area contributed by atoms with Crippen molar-refractivity contribution in [2.75, 3.05) is 0 Å². The van der Waals surface area contributed by atoms with Gasteiger partial charge in [-0.05, 0) is 42.5 Å². The summed E-state index contributed by atoms with van der Waals surface area (Å²) >= 11 is 0. The molecule has 2 aromatic rings. The second-order valence-corrected chi connectivity index (χ2v) is 8.17. The zero-order valence-electron chi connectivity index (χ0n) is 18.2. The number of aliphatic carboxylic acids is 1. The van der Waals surface area contributed by atoms with Crippen molar-refractivity contribution in [1.82, 2.24) is 5.32 Å². The first-order chi connectivity index (χ1) is 15.7. The Kier molecular flexibility index (Phi) is 7.61. The van der Waals surface area contributed by atoms with Crippen LogP contribution >= 0.6 is 0 Å². The Labute approximate surface area is 191 Å². The summed E-state index contributed by atoms with van der Waals surface area (Å²) in [5.74, 6) is -1.49. The fourth-order valence-electron chi connectivity index (χ4n) is 3.83. The van der Waals surface area contributed by atoms with E-state index in [1.165, 1.54) is 18.2 Å². The smallest absolute Gasteiger partial charge is 0.326 e. The molecule has 1 aliphatic carbocycles. The fraction of sp³-hybridized carbons (Fsp3) is 0.280. The number of amides is 1. The van der Waals surface area contributed by atoms with Gasteiger partial charge in [0.15, 0.2) is 0 Å². The van der Waals surface area contributed by atoms with Gasteiger partial charge in [-0.15, -0.1) is 0 Å². The minimum Gasteiger partial charge on any atom is -0.512 e. The number of carbonyl (C=O) groups excluding carboxylic acids is 1. The molecular weight excluding hydrogens is 424 g/mol. The normalized spacial score (nSPS) is 16.3. The van der Waals surface area contributed by atoms with E-state index in [1.807, 2.05) is 37.3 Å². The molecular formula is C25H26N2O6. The molecule has 1 unspecified atom stereocenters. The van der Waals surface area contributed by atoms with Crippen molar-refractivity contribution in [3.63, 3.8) is 0 Å². The lowest BCUT2D eigenvalue weighted by Gasteiger charge is -2.19. The number of carbonyl (C=O) groups is 2. The molecule has 0 heterocycles. The number of hydrogen-bond donors (Lipinski definition) is 3. The van der Waals surface area contributed by atoms with E-state index in [-0.39, 0.29) is 35.8 Å². The van der Waals surface area contributed by atoms with Crippen molar-refractivity contribution in [2.45, 2.75) is 38.6 Å². The Morgan fingerprint density at radius 3 is 2.55 bits per heavy atom.